The number of halogens is 1. The van der Waals surface area contributed by atoms with Crippen molar-refractivity contribution in [1.82, 2.24) is 4.57 Å². The molecule has 2 aromatic rings. The van der Waals surface area contributed by atoms with E-state index in [0.29, 0.717) is 17.7 Å². The molecule has 0 N–H and O–H groups in total. The Bertz CT molecular complexity index is 723. The predicted molar refractivity (Wildman–Crippen MR) is 83.8 cm³/mol. The first-order valence-electron chi connectivity index (χ1n) is 6.78. The number of nitriles is 1. The fourth-order valence-corrected chi connectivity index (χ4v) is 2.55. The van der Waals surface area contributed by atoms with E-state index in [1.807, 2.05) is 38.1 Å². The zero-order chi connectivity index (χ0) is 15.6. The third kappa shape index (κ3) is 3.17. The maximum absolute atomic E-state index is 12.1. The van der Waals surface area contributed by atoms with E-state index in [-0.39, 0.29) is 5.78 Å². The number of nitrogens with zero attached hydrogens (tertiary/aromatic N) is 2. The molecule has 0 radical (unpaired) electrons. The number of aromatic nitrogens is 1. The number of aryl methyl sites for hydroxylation is 1. The van der Waals surface area contributed by atoms with Crippen LogP contribution in [0.15, 0.2) is 30.3 Å². The summed E-state index contributed by atoms with van der Waals surface area (Å²) in [6, 6.07) is 11.5. The molecule has 3 nitrogen and oxygen atoms in total. The van der Waals surface area contributed by atoms with Crippen molar-refractivity contribution < 1.29 is 4.79 Å². The summed E-state index contributed by atoms with van der Waals surface area (Å²) in [4.78, 5) is 12.1. The number of carbonyl (C=O) groups excluding carboxylic acids is 1. The molecular weight excluding hydrogens is 284 g/mol. The fraction of sp³-hybridized carbons (Fsp3) is 0.294. The highest BCUT2D eigenvalue weighted by Crippen LogP contribution is 2.20. The van der Waals surface area contributed by atoms with Crippen molar-refractivity contribution in [3.63, 3.8) is 0 Å². The molecule has 1 heterocycles. The molecule has 0 bridgehead atoms. The fourth-order valence-electron chi connectivity index (χ4n) is 2.43. The number of benzene rings is 1. The van der Waals surface area contributed by atoms with Crippen molar-refractivity contribution in [2.45, 2.75) is 32.7 Å². The third-order valence-corrected chi connectivity index (χ3v) is 3.80. The number of alkyl halides is 1. The molecule has 0 saturated carbocycles. The molecule has 108 valence electrons. The molecule has 0 saturated heterocycles. The number of ketones is 1. The summed E-state index contributed by atoms with van der Waals surface area (Å²) in [5.41, 5.74) is 4.27. The number of rotatable bonds is 4. The van der Waals surface area contributed by atoms with E-state index in [1.54, 1.807) is 13.0 Å². The predicted octanol–water partition coefficient (Wildman–Crippen LogP) is 3.83. The van der Waals surface area contributed by atoms with Gasteiger partial charge in [-0.2, -0.15) is 5.26 Å². The van der Waals surface area contributed by atoms with Crippen LogP contribution in [0.3, 0.4) is 0 Å². The summed E-state index contributed by atoms with van der Waals surface area (Å²) in [5, 5.41) is 8.43. The molecule has 1 unspecified atom stereocenters. The molecule has 0 aliphatic rings. The summed E-state index contributed by atoms with van der Waals surface area (Å²) in [6.45, 7) is 6.22. The number of hydrogen-bond acceptors (Lipinski definition) is 2. The molecule has 0 amide bonds. The Hall–Kier alpha value is -2.05. The van der Waals surface area contributed by atoms with Crippen molar-refractivity contribution in [2.24, 2.45) is 0 Å². The van der Waals surface area contributed by atoms with Crippen molar-refractivity contribution in [3.05, 3.63) is 58.4 Å². The van der Waals surface area contributed by atoms with Crippen LogP contribution in [0.4, 0.5) is 0 Å². The Morgan fingerprint density at radius 2 is 2.10 bits per heavy atom. The monoisotopic (exact) mass is 300 g/mol. The first-order chi connectivity index (χ1) is 9.93. The van der Waals surface area contributed by atoms with Crippen LogP contribution in [0.5, 0.6) is 0 Å². The minimum Gasteiger partial charge on any atom is -0.344 e. The van der Waals surface area contributed by atoms with E-state index in [4.69, 9.17) is 16.9 Å². The lowest BCUT2D eigenvalue weighted by molar-refractivity contribution is 0.0991. The number of Topliss-reactive ketones (excluding diaryl/α,β-unsaturated/α-hetero) is 1. The summed E-state index contributed by atoms with van der Waals surface area (Å²) in [6.07, 6.45) is 0. The van der Waals surface area contributed by atoms with E-state index >= 15 is 0 Å². The maximum Gasteiger partial charge on any atom is 0.182 e. The van der Waals surface area contributed by atoms with Crippen LogP contribution in [0.1, 0.15) is 39.8 Å². The van der Waals surface area contributed by atoms with E-state index in [2.05, 4.69) is 10.6 Å². The van der Waals surface area contributed by atoms with Crippen LogP contribution in [0.2, 0.25) is 0 Å². The van der Waals surface area contributed by atoms with E-state index in [0.717, 1.165) is 17.0 Å². The minimum absolute atomic E-state index is 0.0539. The molecule has 1 aromatic carbocycles. The standard InChI is InChI=1S/C17H17ClN2O/c1-11-7-16(17(21)12(2)18)13(3)20(11)10-15-6-4-5-14(8-15)9-19/h4-8,12H,10H2,1-3H3. The van der Waals surface area contributed by atoms with Gasteiger partial charge in [-0.1, -0.05) is 12.1 Å². The molecule has 0 spiro atoms. The lowest BCUT2D eigenvalue weighted by Gasteiger charge is -2.10. The van der Waals surface area contributed by atoms with Gasteiger partial charge in [0.1, 0.15) is 0 Å². The normalized spacial score (nSPS) is 12.0. The van der Waals surface area contributed by atoms with Crippen LogP contribution >= 0.6 is 11.6 Å². The Kier molecular flexibility index (Phi) is 4.50. The Labute approximate surface area is 129 Å². The van der Waals surface area contributed by atoms with Crippen LogP contribution in [-0.2, 0) is 6.54 Å². The van der Waals surface area contributed by atoms with Crippen LogP contribution in [0.25, 0.3) is 0 Å². The average Bonchev–Trinajstić information content (AvgIpc) is 2.74. The van der Waals surface area contributed by atoms with E-state index in [1.165, 1.54) is 0 Å². The lowest BCUT2D eigenvalue weighted by Crippen LogP contribution is -2.12. The first kappa shape index (κ1) is 15.3. The van der Waals surface area contributed by atoms with Crippen molar-refractivity contribution in [3.8, 4) is 6.07 Å². The zero-order valence-corrected chi connectivity index (χ0v) is 13.1. The number of carbonyl (C=O) groups is 1. The van der Waals surface area contributed by atoms with Gasteiger partial charge >= 0.3 is 0 Å². The Balaban J connectivity index is 2.37. The van der Waals surface area contributed by atoms with E-state index in [9.17, 15) is 4.79 Å². The molecule has 0 fully saturated rings. The summed E-state index contributed by atoms with van der Waals surface area (Å²) in [5.74, 6) is -0.0539. The summed E-state index contributed by atoms with van der Waals surface area (Å²) < 4.78 is 2.07. The molecular formula is C17H17ClN2O. The molecule has 1 atom stereocenters. The second-order valence-electron chi connectivity index (χ2n) is 5.16. The van der Waals surface area contributed by atoms with E-state index < -0.39 is 5.38 Å². The van der Waals surface area contributed by atoms with Gasteiger partial charge in [0.2, 0.25) is 0 Å². The SMILES string of the molecule is Cc1cc(C(=O)C(C)Cl)c(C)n1Cc1cccc(C#N)c1. The average molecular weight is 301 g/mol. The summed E-state index contributed by atoms with van der Waals surface area (Å²) >= 11 is 5.90. The highest BCUT2D eigenvalue weighted by molar-refractivity contribution is 6.33. The molecule has 21 heavy (non-hydrogen) atoms. The first-order valence-corrected chi connectivity index (χ1v) is 7.21. The highest BCUT2D eigenvalue weighted by Gasteiger charge is 2.19. The van der Waals surface area contributed by atoms with Crippen LogP contribution in [0, 0.1) is 25.2 Å². The second-order valence-corrected chi connectivity index (χ2v) is 5.82. The number of hydrogen-bond donors (Lipinski definition) is 0. The van der Waals surface area contributed by atoms with Gasteiger partial charge < -0.3 is 4.57 Å². The topological polar surface area (TPSA) is 45.8 Å². The molecule has 4 heteroatoms. The van der Waals surface area contributed by atoms with Crippen LogP contribution in [-0.4, -0.2) is 15.7 Å². The van der Waals surface area contributed by atoms with Gasteiger partial charge in [0, 0.05) is 23.5 Å². The zero-order valence-electron chi connectivity index (χ0n) is 12.4. The Morgan fingerprint density at radius 1 is 1.38 bits per heavy atom. The van der Waals surface area contributed by atoms with Gasteiger partial charge in [0.15, 0.2) is 5.78 Å². The maximum atomic E-state index is 12.1. The van der Waals surface area contributed by atoms with Gasteiger partial charge in [-0.25, -0.2) is 0 Å². The van der Waals surface area contributed by atoms with Gasteiger partial charge in [-0.05, 0) is 44.5 Å². The third-order valence-electron chi connectivity index (χ3n) is 3.60. The van der Waals surface area contributed by atoms with Crippen LogP contribution < -0.4 is 0 Å². The van der Waals surface area contributed by atoms with Crippen molar-refractivity contribution in [1.29, 1.82) is 5.26 Å². The lowest BCUT2D eigenvalue weighted by atomic mass is 10.1. The molecule has 1 aromatic heterocycles. The van der Waals surface area contributed by atoms with Crippen molar-refractivity contribution >= 4 is 17.4 Å². The largest absolute Gasteiger partial charge is 0.344 e. The minimum atomic E-state index is -0.527. The summed E-state index contributed by atoms with van der Waals surface area (Å²) in [7, 11) is 0. The van der Waals surface area contributed by atoms with Gasteiger partial charge in [-0.3, -0.25) is 4.79 Å². The van der Waals surface area contributed by atoms with Gasteiger partial charge in [0.25, 0.3) is 0 Å². The highest BCUT2D eigenvalue weighted by atomic mass is 35.5. The van der Waals surface area contributed by atoms with Gasteiger partial charge in [0.05, 0.1) is 17.0 Å². The molecule has 0 aliphatic carbocycles. The quantitative estimate of drug-likeness (QED) is 0.636. The molecule has 0 aliphatic heterocycles. The Morgan fingerprint density at radius 3 is 2.71 bits per heavy atom. The second kappa shape index (κ2) is 6.15. The smallest absolute Gasteiger partial charge is 0.182 e. The van der Waals surface area contributed by atoms with Crippen molar-refractivity contribution in [2.75, 3.05) is 0 Å². The molecule has 2 rings (SSSR count). The van der Waals surface area contributed by atoms with Gasteiger partial charge in [-0.15, -0.1) is 11.6 Å².